The summed E-state index contributed by atoms with van der Waals surface area (Å²) in [4.78, 5) is 43.0. The van der Waals surface area contributed by atoms with Gasteiger partial charge in [-0.1, -0.05) is 204 Å². The van der Waals surface area contributed by atoms with Crippen LogP contribution in [0.25, 0.3) is 0 Å². The monoisotopic (exact) mass is 869 g/mol. The van der Waals surface area contributed by atoms with Crippen LogP contribution in [0.3, 0.4) is 0 Å². The zero-order chi connectivity index (χ0) is 44.5. The smallest absolute Gasteiger partial charge is 0.462 e. The molecule has 0 spiro atoms. The second-order valence-electron chi connectivity index (χ2n) is 16.2. The summed E-state index contributed by atoms with van der Waals surface area (Å²) >= 11 is 0. The second kappa shape index (κ2) is 40.7. The van der Waals surface area contributed by atoms with Gasteiger partial charge in [0.05, 0.1) is 24.9 Å². The number of allylic oxidation sites excluding steroid dienone is 7. The molecule has 11 nitrogen and oxygen atoms in total. The Labute approximate surface area is 364 Å². The Kier molecular flexibility index (Phi) is 39.1. The van der Waals surface area contributed by atoms with E-state index < -0.39 is 57.4 Å². The maximum Gasteiger partial charge on any atom is 0.469 e. The van der Waals surface area contributed by atoms with Gasteiger partial charge in [-0.25, -0.2) is 4.57 Å². The number of phosphoric acid groups is 1. The van der Waals surface area contributed by atoms with Crippen molar-refractivity contribution in [2.75, 3.05) is 13.2 Å². The first-order valence-corrected chi connectivity index (χ1v) is 24.8. The average molecular weight is 869 g/mol. The maximum absolute atomic E-state index is 12.5. The van der Waals surface area contributed by atoms with Crippen LogP contribution in [-0.4, -0.2) is 74.7 Å². The van der Waals surface area contributed by atoms with Crippen LogP contribution in [-0.2, 0) is 28.2 Å². The molecular formula is C48H85O11P. The quantitative estimate of drug-likeness (QED) is 0.0130. The Balaban J connectivity index is 4.12. The van der Waals surface area contributed by atoms with Gasteiger partial charge in [-0.3, -0.25) is 14.1 Å². The summed E-state index contributed by atoms with van der Waals surface area (Å²) in [5.74, 6) is -0.327. The minimum Gasteiger partial charge on any atom is -0.462 e. The zero-order valence-electron chi connectivity index (χ0n) is 37.6. The highest BCUT2D eigenvalue weighted by molar-refractivity contribution is 7.46. The van der Waals surface area contributed by atoms with Crippen molar-refractivity contribution < 1.29 is 53.3 Å². The molecule has 0 rings (SSSR count). The predicted molar refractivity (Wildman–Crippen MR) is 243 cm³/mol. The summed E-state index contributed by atoms with van der Waals surface area (Å²) < 4.78 is 26.2. The van der Waals surface area contributed by atoms with Gasteiger partial charge in [0.25, 0.3) is 0 Å². The molecule has 12 heteroatoms. The van der Waals surface area contributed by atoms with E-state index in [4.69, 9.17) is 19.3 Å². The molecule has 0 saturated carbocycles. The Morgan fingerprint density at radius 3 is 1.58 bits per heavy atom. The van der Waals surface area contributed by atoms with Gasteiger partial charge in [0.2, 0.25) is 0 Å². The molecule has 0 bridgehead atoms. The number of unbranched alkanes of at least 4 members (excludes halogenated alkanes) is 17. The van der Waals surface area contributed by atoms with E-state index in [-0.39, 0.29) is 25.7 Å². The van der Waals surface area contributed by atoms with Gasteiger partial charge in [0.15, 0.2) is 6.10 Å². The number of phosphoric ester groups is 1. The molecule has 0 aromatic heterocycles. The molecule has 60 heavy (non-hydrogen) atoms. The van der Waals surface area contributed by atoms with Crippen molar-refractivity contribution in [3.8, 4) is 0 Å². The van der Waals surface area contributed by atoms with Crippen LogP contribution in [0, 0.1) is 5.92 Å². The van der Waals surface area contributed by atoms with Crippen LogP contribution >= 0.6 is 7.82 Å². The second-order valence-corrected chi connectivity index (χ2v) is 17.4. The predicted octanol–water partition coefficient (Wildman–Crippen LogP) is 11.2. The average Bonchev–Trinajstić information content (AvgIpc) is 3.21. The lowest BCUT2D eigenvalue weighted by Gasteiger charge is -2.19. The van der Waals surface area contributed by atoms with Crippen molar-refractivity contribution in [1.29, 1.82) is 0 Å². The first-order chi connectivity index (χ1) is 28.9. The van der Waals surface area contributed by atoms with E-state index in [0.29, 0.717) is 12.8 Å². The van der Waals surface area contributed by atoms with Crippen molar-refractivity contribution in [3.05, 3.63) is 60.8 Å². The molecule has 5 atom stereocenters. The molecule has 1 unspecified atom stereocenters. The molecule has 0 fully saturated rings. The standard InChI is InChI=1S/C48H85O11P/c1-4-6-27-34-43(49)35-29-24-21-22-25-30-36-45(50)46(51)37-32-39-48(53)59-44(41-58-60(54,55)56)40-57-47(52)38-31-26-20-18-16-14-12-10-8-7-9-11-13-15-17-19-23-28-33-42(3)5-2/h6,21-22,24-25,27,29-30,35-36,42-46,49-51H,4-5,7-20,23,26,28,31-34,37-41H2,1-3H3,(H2,54,55,56)/b24-21+,25-22-,27-6-,35-29+,36-30-/t42?,43-,44+,45+,46+/m0/s1. The molecule has 0 aliphatic heterocycles. The Morgan fingerprint density at radius 2 is 1.07 bits per heavy atom. The number of rotatable bonds is 41. The van der Waals surface area contributed by atoms with Gasteiger partial charge in [-0.2, -0.15) is 0 Å². The molecule has 0 aromatic carbocycles. The SMILES string of the molecule is CC/C=C\C[C@H](O)/C=C/C=C/C=C\C=C/[C@@H](O)[C@H](O)CCCC(=O)O[C@H](COC(=O)CCCCCCCCCCCCCCCCCCCCC(C)CC)COP(=O)(O)O. The van der Waals surface area contributed by atoms with E-state index in [0.717, 1.165) is 31.6 Å². The number of hydrogen-bond donors (Lipinski definition) is 5. The number of carbonyl (C=O) groups excluding carboxylic acids is 2. The molecule has 348 valence electrons. The third-order valence-electron chi connectivity index (χ3n) is 10.4. The Hall–Kier alpha value is -2.37. The van der Waals surface area contributed by atoms with Crippen molar-refractivity contribution in [1.82, 2.24) is 0 Å². The lowest BCUT2D eigenvalue weighted by Crippen LogP contribution is -2.29. The van der Waals surface area contributed by atoms with Crippen molar-refractivity contribution in [2.45, 2.75) is 212 Å². The molecule has 0 aliphatic carbocycles. The van der Waals surface area contributed by atoms with E-state index in [2.05, 4.69) is 18.4 Å². The van der Waals surface area contributed by atoms with Gasteiger partial charge in [0.1, 0.15) is 6.61 Å². The fourth-order valence-electron chi connectivity index (χ4n) is 6.46. The normalized spacial score (nSPS) is 15.1. The zero-order valence-corrected chi connectivity index (χ0v) is 38.5. The van der Waals surface area contributed by atoms with E-state index in [1.165, 1.54) is 109 Å². The largest absolute Gasteiger partial charge is 0.469 e. The lowest BCUT2D eigenvalue weighted by atomic mass is 9.99. The number of esters is 2. The summed E-state index contributed by atoms with van der Waals surface area (Å²) in [6, 6.07) is 0. The van der Waals surface area contributed by atoms with Crippen LogP contribution in [0.4, 0.5) is 0 Å². The van der Waals surface area contributed by atoms with Gasteiger partial charge in [0, 0.05) is 12.8 Å². The minimum absolute atomic E-state index is 0.0859. The van der Waals surface area contributed by atoms with Crippen molar-refractivity contribution in [2.24, 2.45) is 5.92 Å². The number of aliphatic hydroxyl groups excluding tert-OH is 3. The van der Waals surface area contributed by atoms with E-state index in [1.807, 2.05) is 19.1 Å². The molecule has 0 aromatic rings. The number of hydrogen-bond acceptors (Lipinski definition) is 9. The fraction of sp³-hybridized carbons (Fsp3) is 0.750. The van der Waals surface area contributed by atoms with Crippen molar-refractivity contribution in [3.63, 3.8) is 0 Å². The Morgan fingerprint density at radius 1 is 0.583 bits per heavy atom. The lowest BCUT2D eigenvalue weighted by molar-refractivity contribution is -0.161. The summed E-state index contributed by atoms with van der Waals surface area (Å²) in [5, 5.41) is 30.3. The number of aliphatic hydroxyl groups is 3. The molecule has 0 saturated heterocycles. The summed E-state index contributed by atoms with van der Waals surface area (Å²) in [5.41, 5.74) is 0. The Bertz CT molecular complexity index is 1220. The topological polar surface area (TPSA) is 180 Å². The molecule has 0 amide bonds. The van der Waals surface area contributed by atoms with Crippen LogP contribution in [0.5, 0.6) is 0 Å². The highest BCUT2D eigenvalue weighted by Gasteiger charge is 2.23. The maximum atomic E-state index is 12.5. The van der Waals surface area contributed by atoms with Crippen LogP contribution in [0.2, 0.25) is 0 Å². The summed E-state index contributed by atoms with van der Waals surface area (Å²) in [7, 11) is -4.86. The molecule has 5 N–H and O–H groups in total. The first kappa shape index (κ1) is 57.6. The van der Waals surface area contributed by atoms with E-state index in [9.17, 15) is 29.5 Å². The van der Waals surface area contributed by atoms with Crippen LogP contribution in [0.1, 0.15) is 188 Å². The van der Waals surface area contributed by atoms with Crippen LogP contribution < -0.4 is 0 Å². The molecule has 0 heterocycles. The van der Waals surface area contributed by atoms with Gasteiger partial charge in [-0.05, 0) is 38.0 Å². The number of carbonyl (C=O) groups is 2. The highest BCUT2D eigenvalue weighted by Crippen LogP contribution is 2.36. The van der Waals surface area contributed by atoms with Crippen LogP contribution in [0.15, 0.2) is 60.8 Å². The van der Waals surface area contributed by atoms with E-state index in [1.54, 1.807) is 42.5 Å². The first-order valence-electron chi connectivity index (χ1n) is 23.3. The minimum atomic E-state index is -4.86. The molecule has 0 aliphatic rings. The van der Waals surface area contributed by atoms with Gasteiger partial charge >= 0.3 is 19.8 Å². The van der Waals surface area contributed by atoms with Gasteiger partial charge < -0.3 is 34.6 Å². The van der Waals surface area contributed by atoms with Crippen molar-refractivity contribution >= 4 is 19.8 Å². The summed E-state index contributed by atoms with van der Waals surface area (Å²) in [6.45, 7) is 5.61. The van der Waals surface area contributed by atoms with Gasteiger partial charge in [-0.15, -0.1) is 0 Å². The highest BCUT2D eigenvalue weighted by atomic mass is 31.2. The third kappa shape index (κ3) is 41.0. The third-order valence-corrected chi connectivity index (χ3v) is 10.9. The summed E-state index contributed by atoms with van der Waals surface area (Å²) in [6.07, 6.45) is 40.3. The number of ether oxygens (including phenoxy) is 2. The molecule has 0 radical (unpaired) electrons. The molecular weight excluding hydrogens is 783 g/mol. The van der Waals surface area contributed by atoms with E-state index >= 15 is 0 Å². The fourth-order valence-corrected chi connectivity index (χ4v) is 6.82.